The predicted molar refractivity (Wildman–Crippen MR) is 82.1 cm³/mol. The number of aromatic nitrogens is 2. The Morgan fingerprint density at radius 2 is 2.24 bits per heavy atom. The summed E-state index contributed by atoms with van der Waals surface area (Å²) in [6.45, 7) is 4.33. The molecule has 0 aliphatic heterocycles. The van der Waals surface area contributed by atoms with Gasteiger partial charge in [0.1, 0.15) is 5.82 Å². The Hall–Kier alpha value is -1.88. The number of nitrogens with zero attached hydrogens (tertiary/aromatic N) is 2. The van der Waals surface area contributed by atoms with Crippen LogP contribution < -0.4 is 5.32 Å². The van der Waals surface area contributed by atoms with Gasteiger partial charge in [0.15, 0.2) is 0 Å². The number of hydrogen-bond donors (Lipinski definition) is 1. The van der Waals surface area contributed by atoms with Crippen molar-refractivity contribution in [1.82, 2.24) is 9.55 Å². The van der Waals surface area contributed by atoms with Crippen LogP contribution in [-0.2, 0) is 17.7 Å². The van der Waals surface area contributed by atoms with Crippen LogP contribution in [0.15, 0.2) is 30.6 Å². The Kier molecular flexibility index (Phi) is 5.75. The normalized spacial score (nSPS) is 10.8. The summed E-state index contributed by atoms with van der Waals surface area (Å²) in [7, 11) is 1.71. The summed E-state index contributed by atoms with van der Waals surface area (Å²) in [5.41, 5.74) is 2.14. The van der Waals surface area contributed by atoms with Crippen molar-refractivity contribution in [2.24, 2.45) is 0 Å². The van der Waals surface area contributed by atoms with Gasteiger partial charge in [0.05, 0.1) is 0 Å². The Balaban J connectivity index is 1.84. The molecule has 0 bridgehead atoms. The zero-order valence-corrected chi connectivity index (χ0v) is 12.6. The summed E-state index contributed by atoms with van der Waals surface area (Å²) < 4.78 is 20.2. The molecule has 2 rings (SSSR count). The summed E-state index contributed by atoms with van der Waals surface area (Å²) in [5, 5.41) is 3.33. The average Bonchev–Trinajstić information content (AvgIpc) is 2.89. The molecule has 1 aromatic carbocycles. The summed E-state index contributed by atoms with van der Waals surface area (Å²) in [6.07, 6.45) is 5.55. The molecule has 114 valence electrons. The zero-order chi connectivity index (χ0) is 15.1. The third-order valence-corrected chi connectivity index (χ3v) is 3.45. The molecule has 1 aromatic heterocycles. The highest BCUT2D eigenvalue weighted by molar-refractivity contribution is 5.30. The van der Waals surface area contributed by atoms with Crippen LogP contribution in [0.4, 0.5) is 10.3 Å². The molecule has 0 unspecified atom stereocenters. The average molecular weight is 291 g/mol. The summed E-state index contributed by atoms with van der Waals surface area (Å²) >= 11 is 0. The van der Waals surface area contributed by atoms with Gasteiger partial charge in [0.25, 0.3) is 0 Å². The number of ether oxygens (including phenoxy) is 1. The molecule has 0 atom stereocenters. The smallest absolute Gasteiger partial charge is 0.202 e. The molecule has 0 amide bonds. The van der Waals surface area contributed by atoms with Crippen molar-refractivity contribution >= 4 is 5.95 Å². The van der Waals surface area contributed by atoms with Crippen LogP contribution in [0.1, 0.15) is 17.5 Å². The van der Waals surface area contributed by atoms with Crippen LogP contribution in [-0.4, -0.2) is 29.8 Å². The van der Waals surface area contributed by atoms with Gasteiger partial charge in [-0.2, -0.15) is 0 Å². The van der Waals surface area contributed by atoms with Crippen molar-refractivity contribution in [3.05, 3.63) is 47.5 Å². The van der Waals surface area contributed by atoms with Gasteiger partial charge >= 0.3 is 0 Å². The zero-order valence-electron chi connectivity index (χ0n) is 12.6. The van der Waals surface area contributed by atoms with E-state index in [0.29, 0.717) is 0 Å². The summed E-state index contributed by atoms with van der Waals surface area (Å²) in [6, 6.07) is 4.92. The van der Waals surface area contributed by atoms with Crippen molar-refractivity contribution in [3.8, 4) is 0 Å². The monoisotopic (exact) mass is 291 g/mol. The van der Waals surface area contributed by atoms with Crippen molar-refractivity contribution in [3.63, 3.8) is 0 Å². The first-order valence-electron chi connectivity index (χ1n) is 7.19. The quantitative estimate of drug-likeness (QED) is 0.760. The largest absolute Gasteiger partial charge is 0.385 e. The fourth-order valence-electron chi connectivity index (χ4n) is 2.28. The molecule has 1 N–H and O–H groups in total. The highest BCUT2D eigenvalue weighted by atomic mass is 19.1. The molecule has 0 saturated carbocycles. The molecule has 0 aliphatic carbocycles. The molecule has 2 aromatic rings. The van der Waals surface area contributed by atoms with Gasteiger partial charge in [-0.15, -0.1) is 0 Å². The molecule has 0 radical (unpaired) electrons. The molecule has 0 fully saturated rings. The number of methoxy groups -OCH3 is 1. The van der Waals surface area contributed by atoms with Crippen LogP contribution in [0, 0.1) is 12.7 Å². The Morgan fingerprint density at radius 1 is 1.38 bits per heavy atom. The molecule has 0 saturated heterocycles. The minimum atomic E-state index is -0.183. The molecule has 4 nitrogen and oxygen atoms in total. The predicted octanol–water partition coefficient (Wildman–Crippen LogP) is 3.02. The van der Waals surface area contributed by atoms with Gasteiger partial charge in [0.2, 0.25) is 5.95 Å². The van der Waals surface area contributed by atoms with Gasteiger partial charge in [-0.3, -0.25) is 0 Å². The van der Waals surface area contributed by atoms with Crippen LogP contribution in [0.25, 0.3) is 0 Å². The Morgan fingerprint density at radius 3 is 3.00 bits per heavy atom. The number of hydrogen-bond acceptors (Lipinski definition) is 3. The number of rotatable bonds is 8. The Bertz CT molecular complexity index is 568. The van der Waals surface area contributed by atoms with Gasteiger partial charge in [-0.05, 0) is 43.0 Å². The molecular formula is C16H22FN3O. The van der Waals surface area contributed by atoms with Gasteiger partial charge < -0.3 is 14.6 Å². The maximum atomic E-state index is 13.1. The van der Waals surface area contributed by atoms with Crippen LogP contribution >= 0.6 is 0 Å². The number of imidazole rings is 1. The third-order valence-electron chi connectivity index (χ3n) is 3.45. The van der Waals surface area contributed by atoms with Crippen LogP contribution in [0.5, 0.6) is 0 Å². The fourth-order valence-corrected chi connectivity index (χ4v) is 2.28. The second-order valence-electron chi connectivity index (χ2n) is 5.04. The van der Waals surface area contributed by atoms with Gasteiger partial charge in [-0.1, -0.05) is 6.07 Å². The molecule has 21 heavy (non-hydrogen) atoms. The van der Waals surface area contributed by atoms with Gasteiger partial charge in [-0.25, -0.2) is 9.37 Å². The maximum absolute atomic E-state index is 13.1. The number of anilines is 1. The molecule has 0 aliphatic rings. The van der Waals surface area contributed by atoms with E-state index in [9.17, 15) is 4.39 Å². The molecule has 0 spiro atoms. The highest BCUT2D eigenvalue weighted by Crippen LogP contribution is 2.11. The lowest BCUT2D eigenvalue weighted by Gasteiger charge is -2.10. The first kappa shape index (κ1) is 15.5. The number of benzene rings is 1. The number of aryl methyl sites for hydroxylation is 2. The van der Waals surface area contributed by atoms with E-state index in [0.717, 1.165) is 49.6 Å². The van der Waals surface area contributed by atoms with Crippen molar-refractivity contribution in [2.45, 2.75) is 26.3 Å². The van der Waals surface area contributed by atoms with Crippen molar-refractivity contribution in [1.29, 1.82) is 0 Å². The van der Waals surface area contributed by atoms with Crippen molar-refractivity contribution in [2.75, 3.05) is 25.6 Å². The second-order valence-corrected chi connectivity index (χ2v) is 5.04. The van der Waals surface area contributed by atoms with E-state index in [1.54, 1.807) is 19.4 Å². The van der Waals surface area contributed by atoms with Crippen molar-refractivity contribution < 1.29 is 9.13 Å². The minimum Gasteiger partial charge on any atom is -0.385 e. The van der Waals surface area contributed by atoms with E-state index in [1.807, 2.05) is 19.2 Å². The van der Waals surface area contributed by atoms with E-state index in [-0.39, 0.29) is 5.82 Å². The molecule has 1 heterocycles. The number of halogens is 1. The maximum Gasteiger partial charge on any atom is 0.202 e. The van der Waals surface area contributed by atoms with E-state index < -0.39 is 0 Å². The summed E-state index contributed by atoms with van der Waals surface area (Å²) in [5.74, 6) is 0.684. The fraction of sp³-hybridized carbons (Fsp3) is 0.438. The summed E-state index contributed by atoms with van der Waals surface area (Å²) in [4.78, 5) is 4.31. The topological polar surface area (TPSA) is 39.1 Å². The first-order chi connectivity index (χ1) is 10.2. The van der Waals surface area contributed by atoms with Crippen LogP contribution in [0.3, 0.4) is 0 Å². The lowest BCUT2D eigenvalue weighted by atomic mass is 10.1. The molecule has 5 heteroatoms. The van der Waals surface area contributed by atoms with E-state index in [4.69, 9.17) is 4.74 Å². The Labute approximate surface area is 125 Å². The molecular weight excluding hydrogens is 269 g/mol. The van der Waals surface area contributed by atoms with E-state index >= 15 is 0 Å². The van der Waals surface area contributed by atoms with E-state index in [1.165, 1.54) is 6.07 Å². The van der Waals surface area contributed by atoms with E-state index in [2.05, 4.69) is 14.9 Å². The number of nitrogens with one attached hydrogen (secondary N) is 1. The minimum absolute atomic E-state index is 0.183. The third kappa shape index (κ3) is 4.56. The van der Waals surface area contributed by atoms with Gasteiger partial charge in [0, 0.05) is 39.2 Å². The SMILES string of the molecule is COCCCn1ccnc1NCCc1ccc(F)cc1C. The highest BCUT2D eigenvalue weighted by Gasteiger charge is 2.03. The lowest BCUT2D eigenvalue weighted by Crippen LogP contribution is -2.12. The lowest BCUT2D eigenvalue weighted by molar-refractivity contribution is 0.190. The standard InChI is InChI=1S/C16H22FN3O/c1-13-12-15(17)5-4-14(13)6-7-18-16-19-8-10-20(16)9-3-11-21-2/h4-5,8,10,12H,3,6-7,9,11H2,1-2H3,(H,18,19). The van der Waals surface area contributed by atoms with Crippen LogP contribution in [0.2, 0.25) is 0 Å². The second kappa shape index (κ2) is 7.78. The first-order valence-corrected chi connectivity index (χ1v) is 7.19.